The number of fused-ring (bicyclic) bond motifs is 2. The van der Waals surface area contributed by atoms with Gasteiger partial charge in [0.05, 0.1) is 16.6 Å². The molecule has 0 atom stereocenters. The molecule has 180 valence electrons. The quantitative estimate of drug-likeness (QED) is 0.198. The van der Waals surface area contributed by atoms with E-state index in [4.69, 9.17) is 0 Å². The molecule has 0 spiro atoms. The molecule has 9 nitrogen and oxygen atoms in total. The lowest BCUT2D eigenvalue weighted by molar-refractivity contribution is 0.405. The fourth-order valence-corrected chi connectivity index (χ4v) is 4.65. The number of rotatable bonds is 11. The highest BCUT2D eigenvalue weighted by atomic mass is 32.1. The Bertz CT molecular complexity index is 1380. The van der Waals surface area contributed by atoms with E-state index in [1.165, 1.54) is 4.88 Å². The minimum Gasteiger partial charge on any atom is -0.385 e. The van der Waals surface area contributed by atoms with Crippen LogP contribution in [0.3, 0.4) is 0 Å². The molecule has 3 heterocycles. The van der Waals surface area contributed by atoms with Gasteiger partial charge in [-0.2, -0.15) is 0 Å². The van der Waals surface area contributed by atoms with Crippen molar-refractivity contribution < 1.29 is 0 Å². The van der Waals surface area contributed by atoms with Gasteiger partial charge >= 0.3 is 0 Å². The largest absolute Gasteiger partial charge is 0.385 e. The molecule has 4 N–H and O–H groups in total. The van der Waals surface area contributed by atoms with Gasteiger partial charge < -0.3 is 25.8 Å². The molecule has 5 rings (SSSR count). The van der Waals surface area contributed by atoms with Gasteiger partial charge in [0.2, 0.25) is 5.95 Å². The molecular formula is C25H29N9S. The van der Waals surface area contributed by atoms with Gasteiger partial charge in [-0.15, -0.1) is 11.3 Å². The third-order valence-electron chi connectivity index (χ3n) is 5.58. The number of anilines is 4. The second-order valence-electron chi connectivity index (χ2n) is 8.57. The minimum atomic E-state index is 0.698. The summed E-state index contributed by atoms with van der Waals surface area (Å²) in [5.41, 5.74) is 3.94. The summed E-state index contributed by atoms with van der Waals surface area (Å²) in [7, 11) is 4.18. The summed E-state index contributed by atoms with van der Waals surface area (Å²) < 4.78 is 0. The Morgan fingerprint density at radius 3 is 2.77 bits per heavy atom. The van der Waals surface area contributed by atoms with Crippen molar-refractivity contribution in [3.63, 3.8) is 0 Å². The number of imidazole rings is 1. The summed E-state index contributed by atoms with van der Waals surface area (Å²) in [6.45, 7) is 2.75. The predicted octanol–water partition coefficient (Wildman–Crippen LogP) is 4.72. The van der Waals surface area contributed by atoms with E-state index in [0.29, 0.717) is 5.95 Å². The van der Waals surface area contributed by atoms with Gasteiger partial charge in [0.25, 0.3) is 0 Å². The zero-order valence-corrected chi connectivity index (χ0v) is 20.7. The van der Waals surface area contributed by atoms with Crippen molar-refractivity contribution in [1.29, 1.82) is 0 Å². The zero-order chi connectivity index (χ0) is 24.0. The van der Waals surface area contributed by atoms with Crippen molar-refractivity contribution >= 4 is 55.9 Å². The van der Waals surface area contributed by atoms with Crippen LogP contribution in [0.15, 0.2) is 55.0 Å². The summed E-state index contributed by atoms with van der Waals surface area (Å²) in [5.74, 6) is 1.54. The first kappa shape index (κ1) is 23.0. The van der Waals surface area contributed by atoms with Crippen LogP contribution in [0.2, 0.25) is 0 Å². The van der Waals surface area contributed by atoms with Crippen molar-refractivity contribution in [2.45, 2.75) is 12.8 Å². The van der Waals surface area contributed by atoms with Crippen LogP contribution < -0.4 is 16.0 Å². The van der Waals surface area contributed by atoms with Crippen LogP contribution in [0.4, 0.5) is 22.6 Å². The number of nitrogens with zero attached hydrogens (tertiary/aromatic N) is 5. The SMILES string of the molecule is CN(C)CCCNc1ccc2c(NCCc3cnc(Nc4nc5ccccc5[nH]4)s3)ncnc2c1. The van der Waals surface area contributed by atoms with Gasteiger partial charge in [0, 0.05) is 41.7 Å². The van der Waals surface area contributed by atoms with Crippen molar-refractivity contribution in [2.24, 2.45) is 0 Å². The van der Waals surface area contributed by atoms with Crippen molar-refractivity contribution in [1.82, 2.24) is 29.8 Å². The Hall–Kier alpha value is -3.76. The molecule has 5 aromatic rings. The highest BCUT2D eigenvalue weighted by Crippen LogP contribution is 2.25. The number of para-hydroxylation sites is 2. The van der Waals surface area contributed by atoms with E-state index in [-0.39, 0.29) is 0 Å². The fourth-order valence-electron chi connectivity index (χ4n) is 3.83. The Balaban J connectivity index is 1.16. The van der Waals surface area contributed by atoms with Crippen LogP contribution in [0.25, 0.3) is 21.9 Å². The number of H-pyrrole nitrogens is 1. The molecule has 0 aliphatic rings. The molecule has 0 aliphatic carbocycles. The lowest BCUT2D eigenvalue weighted by atomic mass is 10.2. The first-order chi connectivity index (χ1) is 17.1. The molecule has 0 saturated carbocycles. The lowest BCUT2D eigenvalue weighted by Crippen LogP contribution is -2.16. The molecule has 0 aliphatic heterocycles. The van der Waals surface area contributed by atoms with Gasteiger partial charge in [-0.05, 0) is 57.4 Å². The van der Waals surface area contributed by atoms with Gasteiger partial charge in [-0.1, -0.05) is 12.1 Å². The number of aromatic nitrogens is 5. The second kappa shape index (κ2) is 10.7. The van der Waals surface area contributed by atoms with Crippen molar-refractivity contribution in [2.75, 3.05) is 49.7 Å². The van der Waals surface area contributed by atoms with Gasteiger partial charge in [-0.25, -0.2) is 19.9 Å². The fraction of sp³-hybridized carbons (Fsp3) is 0.280. The van der Waals surface area contributed by atoms with E-state index in [9.17, 15) is 0 Å². The summed E-state index contributed by atoms with van der Waals surface area (Å²) in [6.07, 6.45) is 5.46. The van der Waals surface area contributed by atoms with E-state index in [0.717, 1.165) is 71.0 Å². The molecule has 0 saturated heterocycles. The topological polar surface area (TPSA) is 107 Å². The molecule has 0 radical (unpaired) electrons. The van der Waals surface area contributed by atoms with Crippen LogP contribution in [-0.2, 0) is 6.42 Å². The average molecular weight is 488 g/mol. The van der Waals surface area contributed by atoms with Gasteiger partial charge in [-0.3, -0.25) is 0 Å². The number of thiazole rings is 1. The highest BCUT2D eigenvalue weighted by Gasteiger charge is 2.08. The van der Waals surface area contributed by atoms with Gasteiger partial charge in [0.1, 0.15) is 12.1 Å². The number of hydrogen-bond acceptors (Lipinski definition) is 9. The molecule has 0 fully saturated rings. The zero-order valence-electron chi connectivity index (χ0n) is 19.9. The van der Waals surface area contributed by atoms with Crippen molar-refractivity contribution in [3.8, 4) is 0 Å². The first-order valence-electron chi connectivity index (χ1n) is 11.7. The number of hydrogen-bond donors (Lipinski definition) is 4. The van der Waals surface area contributed by atoms with E-state index < -0.39 is 0 Å². The van der Waals surface area contributed by atoms with E-state index >= 15 is 0 Å². The molecule has 0 unspecified atom stereocenters. The maximum Gasteiger partial charge on any atom is 0.207 e. The van der Waals surface area contributed by atoms with Crippen molar-refractivity contribution in [3.05, 3.63) is 59.9 Å². The molecule has 35 heavy (non-hydrogen) atoms. The maximum atomic E-state index is 4.55. The standard InChI is InChI=1S/C25H29N9S/c1-34(2)13-5-11-26-17-8-9-19-22(14-17)29-16-30-23(19)27-12-10-18-15-28-25(35-18)33-24-31-20-6-3-4-7-21(20)32-24/h3-4,6-9,14-16,26H,5,10-13H2,1-2H3,(H,27,29,30)(H2,28,31,32,33). The second-order valence-corrected chi connectivity index (χ2v) is 9.69. The normalized spacial score (nSPS) is 11.4. The molecule has 2 aromatic carbocycles. The van der Waals surface area contributed by atoms with Crippen LogP contribution >= 0.6 is 11.3 Å². The van der Waals surface area contributed by atoms with E-state index in [2.05, 4.69) is 78.1 Å². The Morgan fingerprint density at radius 2 is 1.89 bits per heavy atom. The maximum absolute atomic E-state index is 4.55. The summed E-state index contributed by atoms with van der Waals surface area (Å²) in [4.78, 5) is 24.6. The Labute approximate surface area is 208 Å². The first-order valence-corrected chi connectivity index (χ1v) is 12.5. The number of nitrogens with one attached hydrogen (secondary N) is 4. The van der Waals surface area contributed by atoms with Crippen LogP contribution in [-0.4, -0.2) is 63.5 Å². The molecule has 0 bridgehead atoms. The van der Waals surface area contributed by atoms with Gasteiger partial charge in [0.15, 0.2) is 5.13 Å². The van der Waals surface area contributed by atoms with E-state index in [1.807, 2.05) is 30.5 Å². The number of benzene rings is 2. The lowest BCUT2D eigenvalue weighted by Gasteiger charge is -2.12. The third kappa shape index (κ3) is 5.84. The smallest absolute Gasteiger partial charge is 0.207 e. The van der Waals surface area contributed by atoms with Crippen LogP contribution in [0.5, 0.6) is 0 Å². The third-order valence-corrected chi connectivity index (χ3v) is 6.55. The highest BCUT2D eigenvalue weighted by molar-refractivity contribution is 7.15. The number of aromatic amines is 1. The monoisotopic (exact) mass is 487 g/mol. The minimum absolute atomic E-state index is 0.698. The summed E-state index contributed by atoms with van der Waals surface area (Å²) in [6, 6.07) is 14.2. The summed E-state index contributed by atoms with van der Waals surface area (Å²) in [5, 5.41) is 12.0. The molecule has 10 heteroatoms. The Kier molecular flexibility index (Phi) is 7.01. The average Bonchev–Trinajstić information content (AvgIpc) is 3.48. The molecule has 3 aromatic heterocycles. The predicted molar refractivity (Wildman–Crippen MR) is 145 cm³/mol. The summed E-state index contributed by atoms with van der Waals surface area (Å²) >= 11 is 1.62. The van der Waals surface area contributed by atoms with Crippen LogP contribution in [0, 0.1) is 0 Å². The van der Waals surface area contributed by atoms with Crippen LogP contribution in [0.1, 0.15) is 11.3 Å². The molecular weight excluding hydrogens is 458 g/mol. The molecule has 0 amide bonds. The Morgan fingerprint density at radius 1 is 0.971 bits per heavy atom. The van der Waals surface area contributed by atoms with E-state index in [1.54, 1.807) is 17.7 Å².